The van der Waals surface area contributed by atoms with Gasteiger partial charge in [-0.1, -0.05) is 25.1 Å². The van der Waals surface area contributed by atoms with E-state index in [4.69, 9.17) is 0 Å². The van der Waals surface area contributed by atoms with E-state index >= 15 is 0 Å². The quantitative estimate of drug-likeness (QED) is 0.895. The number of hydrogen-bond donors (Lipinski definition) is 1. The van der Waals surface area contributed by atoms with E-state index in [9.17, 15) is 0 Å². The first-order chi connectivity index (χ1) is 9.15. The average Bonchev–Trinajstić information content (AvgIpc) is 2.85. The van der Waals surface area contributed by atoms with Crippen LogP contribution >= 0.6 is 0 Å². The Morgan fingerprint density at radius 3 is 2.58 bits per heavy atom. The van der Waals surface area contributed by atoms with Crippen LogP contribution < -0.4 is 5.32 Å². The number of nitrogens with one attached hydrogen (secondary N) is 1. The molecule has 1 atom stereocenters. The summed E-state index contributed by atoms with van der Waals surface area (Å²) >= 11 is 0. The fraction of sp³-hybridized carbons (Fsp3) is 0.500. The van der Waals surface area contributed by atoms with E-state index in [2.05, 4.69) is 66.7 Å². The Labute approximate surface area is 114 Å². The van der Waals surface area contributed by atoms with Crippen molar-refractivity contribution in [3.8, 4) is 5.69 Å². The van der Waals surface area contributed by atoms with Crippen LogP contribution in [0.25, 0.3) is 5.69 Å². The Kier molecular flexibility index (Phi) is 4.27. The molecule has 1 heterocycles. The van der Waals surface area contributed by atoms with Gasteiger partial charge in [0.25, 0.3) is 0 Å². The molecule has 0 aliphatic rings. The van der Waals surface area contributed by atoms with Gasteiger partial charge in [0.05, 0.1) is 11.7 Å². The summed E-state index contributed by atoms with van der Waals surface area (Å²) in [5.74, 6) is 0.853. The molecule has 5 nitrogen and oxygen atoms in total. The zero-order valence-electron chi connectivity index (χ0n) is 12.0. The van der Waals surface area contributed by atoms with E-state index in [0.29, 0.717) is 0 Å². The smallest absolute Gasteiger partial charge is 0.173 e. The van der Waals surface area contributed by atoms with Gasteiger partial charge in [0.1, 0.15) is 0 Å². The van der Waals surface area contributed by atoms with Crippen LogP contribution in [-0.4, -0.2) is 26.8 Å². The number of aromatic nitrogens is 4. The van der Waals surface area contributed by atoms with Crippen LogP contribution in [0.4, 0.5) is 0 Å². The maximum atomic E-state index is 4.17. The molecule has 0 fully saturated rings. The molecule has 0 radical (unpaired) electrons. The van der Waals surface area contributed by atoms with Crippen LogP contribution in [0.5, 0.6) is 0 Å². The molecule has 1 N–H and O–H groups in total. The van der Waals surface area contributed by atoms with Gasteiger partial charge in [-0.25, -0.2) is 0 Å². The molecule has 0 spiro atoms. The van der Waals surface area contributed by atoms with Crippen LogP contribution in [0, 0.1) is 13.8 Å². The summed E-state index contributed by atoms with van der Waals surface area (Å²) in [6.07, 6.45) is 1.09. The number of benzene rings is 1. The van der Waals surface area contributed by atoms with E-state index < -0.39 is 0 Å². The monoisotopic (exact) mass is 259 g/mol. The van der Waals surface area contributed by atoms with Gasteiger partial charge in [0.15, 0.2) is 5.82 Å². The highest BCUT2D eigenvalue weighted by Crippen LogP contribution is 2.20. The Hall–Kier alpha value is -1.75. The second kappa shape index (κ2) is 5.93. The third-order valence-electron chi connectivity index (χ3n) is 3.23. The molecule has 0 saturated carbocycles. The molecule has 1 aromatic carbocycles. The zero-order valence-corrected chi connectivity index (χ0v) is 12.0. The highest BCUT2D eigenvalue weighted by molar-refractivity contribution is 5.46. The topological polar surface area (TPSA) is 55.6 Å². The summed E-state index contributed by atoms with van der Waals surface area (Å²) in [7, 11) is 0. The van der Waals surface area contributed by atoms with Crippen LogP contribution in [-0.2, 0) is 0 Å². The largest absolute Gasteiger partial charge is 0.307 e. The second-order valence-corrected chi connectivity index (χ2v) is 4.87. The second-order valence-electron chi connectivity index (χ2n) is 4.87. The molecule has 1 unspecified atom stereocenters. The summed E-state index contributed by atoms with van der Waals surface area (Å²) in [6, 6.07) is 6.35. The predicted octanol–water partition coefficient (Wildman–Crippen LogP) is 2.34. The van der Waals surface area contributed by atoms with Gasteiger partial charge in [0, 0.05) is 0 Å². The summed E-state index contributed by atoms with van der Waals surface area (Å²) in [6.45, 7) is 9.36. The Morgan fingerprint density at radius 1 is 1.26 bits per heavy atom. The summed E-state index contributed by atoms with van der Waals surface area (Å²) in [5.41, 5.74) is 3.43. The van der Waals surface area contributed by atoms with Crippen molar-refractivity contribution in [2.75, 3.05) is 6.54 Å². The number of tetrazole rings is 1. The van der Waals surface area contributed by atoms with Gasteiger partial charge >= 0.3 is 0 Å². The SMILES string of the molecule is CCCNC(C)c1nnnn1-c1c(C)cccc1C. The van der Waals surface area contributed by atoms with Gasteiger partial charge in [-0.15, -0.1) is 5.10 Å². The Bertz CT molecular complexity index is 526. The van der Waals surface area contributed by atoms with E-state index in [0.717, 1.165) is 24.5 Å². The maximum absolute atomic E-state index is 4.17. The number of rotatable bonds is 5. The van der Waals surface area contributed by atoms with Crippen molar-refractivity contribution < 1.29 is 0 Å². The lowest BCUT2D eigenvalue weighted by Gasteiger charge is -2.15. The number of aryl methyl sites for hydroxylation is 2. The highest BCUT2D eigenvalue weighted by Gasteiger charge is 2.17. The third kappa shape index (κ3) is 2.81. The van der Waals surface area contributed by atoms with Gasteiger partial charge in [-0.05, 0) is 55.3 Å². The molecular weight excluding hydrogens is 238 g/mol. The first-order valence-electron chi connectivity index (χ1n) is 6.73. The molecule has 0 saturated heterocycles. The van der Waals surface area contributed by atoms with Crippen molar-refractivity contribution in [3.05, 3.63) is 35.2 Å². The molecule has 102 valence electrons. The molecule has 0 aliphatic heterocycles. The lowest BCUT2D eigenvalue weighted by atomic mass is 10.1. The highest BCUT2D eigenvalue weighted by atomic mass is 15.5. The lowest BCUT2D eigenvalue weighted by Crippen LogP contribution is -2.23. The normalized spacial score (nSPS) is 12.6. The molecule has 0 amide bonds. The molecular formula is C14H21N5. The zero-order chi connectivity index (χ0) is 13.8. The van der Waals surface area contributed by atoms with Crippen LogP contribution in [0.3, 0.4) is 0 Å². The lowest BCUT2D eigenvalue weighted by molar-refractivity contribution is 0.530. The van der Waals surface area contributed by atoms with Crippen LogP contribution in [0.15, 0.2) is 18.2 Å². The van der Waals surface area contributed by atoms with Crippen LogP contribution in [0.1, 0.15) is 43.3 Å². The molecule has 2 rings (SSSR count). The first kappa shape index (κ1) is 13.7. The summed E-state index contributed by atoms with van der Waals surface area (Å²) < 4.78 is 1.85. The minimum Gasteiger partial charge on any atom is -0.307 e. The van der Waals surface area contributed by atoms with Gasteiger partial charge < -0.3 is 5.32 Å². The third-order valence-corrected chi connectivity index (χ3v) is 3.23. The van der Waals surface area contributed by atoms with Crippen molar-refractivity contribution in [2.24, 2.45) is 0 Å². The Balaban J connectivity index is 2.39. The van der Waals surface area contributed by atoms with E-state index in [1.54, 1.807) is 0 Å². The van der Waals surface area contributed by atoms with Gasteiger partial charge in [-0.2, -0.15) is 4.68 Å². The Morgan fingerprint density at radius 2 is 1.95 bits per heavy atom. The maximum Gasteiger partial charge on any atom is 0.173 e. The number of hydrogen-bond acceptors (Lipinski definition) is 4. The van der Waals surface area contributed by atoms with Crippen LogP contribution in [0.2, 0.25) is 0 Å². The minimum atomic E-state index is 0.133. The van der Waals surface area contributed by atoms with Crippen molar-refractivity contribution in [1.29, 1.82) is 0 Å². The predicted molar refractivity (Wildman–Crippen MR) is 75.3 cm³/mol. The van der Waals surface area contributed by atoms with E-state index in [-0.39, 0.29) is 6.04 Å². The van der Waals surface area contributed by atoms with Gasteiger partial charge in [-0.3, -0.25) is 0 Å². The molecule has 0 aliphatic carbocycles. The number of para-hydroxylation sites is 1. The minimum absolute atomic E-state index is 0.133. The standard InChI is InChI=1S/C14H21N5/c1-5-9-15-12(4)14-16-17-18-19(14)13-10(2)7-6-8-11(13)3/h6-8,12,15H,5,9H2,1-4H3. The summed E-state index contributed by atoms with van der Waals surface area (Å²) in [4.78, 5) is 0. The summed E-state index contributed by atoms with van der Waals surface area (Å²) in [5, 5.41) is 15.6. The van der Waals surface area contributed by atoms with E-state index in [1.165, 1.54) is 11.1 Å². The molecule has 0 bridgehead atoms. The fourth-order valence-electron chi connectivity index (χ4n) is 2.22. The first-order valence-corrected chi connectivity index (χ1v) is 6.73. The molecule has 19 heavy (non-hydrogen) atoms. The molecule has 2 aromatic rings. The fourth-order valence-corrected chi connectivity index (χ4v) is 2.22. The molecule has 5 heteroatoms. The van der Waals surface area contributed by atoms with Crippen molar-refractivity contribution in [3.63, 3.8) is 0 Å². The number of nitrogens with zero attached hydrogens (tertiary/aromatic N) is 4. The average molecular weight is 259 g/mol. The van der Waals surface area contributed by atoms with Crippen molar-refractivity contribution in [2.45, 2.75) is 40.2 Å². The molecule has 1 aromatic heterocycles. The van der Waals surface area contributed by atoms with Gasteiger partial charge in [0.2, 0.25) is 0 Å². The van der Waals surface area contributed by atoms with Crippen molar-refractivity contribution in [1.82, 2.24) is 25.5 Å². The van der Waals surface area contributed by atoms with Crippen molar-refractivity contribution >= 4 is 0 Å². The van der Waals surface area contributed by atoms with E-state index in [1.807, 2.05) is 4.68 Å².